The summed E-state index contributed by atoms with van der Waals surface area (Å²) >= 11 is 0. The molecule has 3 aromatic heterocycles. The molecule has 7 nitrogen and oxygen atoms in total. The number of nitrogens with zero attached hydrogens (tertiary/aromatic N) is 5. The van der Waals surface area contributed by atoms with E-state index in [-0.39, 0.29) is 12.1 Å². The fourth-order valence-corrected chi connectivity index (χ4v) is 3.35. The van der Waals surface area contributed by atoms with Gasteiger partial charge in [-0.1, -0.05) is 0 Å². The molecule has 0 unspecified atom stereocenters. The first kappa shape index (κ1) is 15.0. The Morgan fingerprint density at radius 3 is 2.83 bits per heavy atom. The Kier molecular flexibility index (Phi) is 3.65. The number of hydrogen-bond donors (Lipinski definition) is 1. The van der Waals surface area contributed by atoms with Crippen LogP contribution in [0, 0.1) is 13.8 Å². The van der Waals surface area contributed by atoms with Gasteiger partial charge in [0.1, 0.15) is 17.4 Å². The van der Waals surface area contributed by atoms with Gasteiger partial charge in [-0.15, -0.1) is 0 Å². The normalized spacial score (nSPS) is 20.6. The van der Waals surface area contributed by atoms with Gasteiger partial charge < -0.3 is 10.1 Å². The van der Waals surface area contributed by atoms with Gasteiger partial charge in [-0.2, -0.15) is 5.10 Å². The van der Waals surface area contributed by atoms with Gasteiger partial charge in [0.2, 0.25) is 0 Å². The van der Waals surface area contributed by atoms with Crippen LogP contribution in [0.25, 0.3) is 11.2 Å². The van der Waals surface area contributed by atoms with Crippen LogP contribution in [-0.4, -0.2) is 37.4 Å². The third-order valence-electron chi connectivity index (χ3n) is 4.61. The summed E-state index contributed by atoms with van der Waals surface area (Å²) < 4.78 is 7.92. The number of ether oxygens (including phenoxy) is 1. The average molecular weight is 324 g/mol. The highest BCUT2D eigenvalue weighted by molar-refractivity contribution is 5.71. The lowest BCUT2D eigenvalue weighted by Gasteiger charge is -2.21. The fraction of sp³-hybridized carbons (Fsp3) is 0.412. The minimum atomic E-state index is -0.0157. The van der Waals surface area contributed by atoms with E-state index < -0.39 is 0 Å². The van der Waals surface area contributed by atoms with Gasteiger partial charge in [-0.05, 0) is 32.4 Å². The highest BCUT2D eigenvalue weighted by Crippen LogP contribution is 2.34. The van der Waals surface area contributed by atoms with Crippen LogP contribution < -0.4 is 5.32 Å². The largest absolute Gasteiger partial charge is 0.371 e. The van der Waals surface area contributed by atoms with Crippen LogP contribution in [0.3, 0.4) is 0 Å². The van der Waals surface area contributed by atoms with E-state index >= 15 is 0 Å². The minimum Gasteiger partial charge on any atom is -0.371 e. The molecule has 0 aliphatic carbocycles. The molecular formula is C17H20N6O. The maximum absolute atomic E-state index is 6.01. The third-order valence-corrected chi connectivity index (χ3v) is 4.61. The van der Waals surface area contributed by atoms with Crippen molar-refractivity contribution >= 4 is 17.0 Å². The molecule has 4 rings (SSSR count). The molecule has 3 aromatic rings. The molecule has 1 aliphatic rings. The fourth-order valence-electron chi connectivity index (χ4n) is 3.35. The van der Waals surface area contributed by atoms with E-state index in [1.54, 1.807) is 12.4 Å². The summed E-state index contributed by atoms with van der Waals surface area (Å²) in [6.45, 7) is 4.84. The van der Waals surface area contributed by atoms with Crippen LogP contribution >= 0.6 is 0 Å². The van der Waals surface area contributed by atoms with Crippen molar-refractivity contribution in [2.45, 2.75) is 32.4 Å². The molecule has 1 saturated heterocycles. The summed E-state index contributed by atoms with van der Waals surface area (Å²) in [6.07, 6.45) is 4.24. The van der Waals surface area contributed by atoms with E-state index in [9.17, 15) is 0 Å². The molecule has 0 amide bonds. The van der Waals surface area contributed by atoms with E-state index in [2.05, 4.69) is 32.3 Å². The molecule has 124 valence electrons. The summed E-state index contributed by atoms with van der Waals surface area (Å²) in [5.74, 6) is 0.794. The molecular weight excluding hydrogens is 304 g/mol. The minimum absolute atomic E-state index is 0.0157. The number of hydrogen-bond acceptors (Lipinski definition) is 6. The quantitative estimate of drug-likeness (QED) is 0.796. The van der Waals surface area contributed by atoms with Crippen LogP contribution in [0.2, 0.25) is 0 Å². The van der Waals surface area contributed by atoms with Crippen molar-refractivity contribution in [3.05, 3.63) is 41.5 Å². The van der Waals surface area contributed by atoms with Crippen LogP contribution in [-0.2, 0) is 11.8 Å². The van der Waals surface area contributed by atoms with Gasteiger partial charge in [0.25, 0.3) is 0 Å². The van der Waals surface area contributed by atoms with Gasteiger partial charge in [0, 0.05) is 37.3 Å². The smallest absolute Gasteiger partial charge is 0.180 e. The Morgan fingerprint density at radius 2 is 2.04 bits per heavy atom. The zero-order valence-electron chi connectivity index (χ0n) is 14.0. The summed E-state index contributed by atoms with van der Waals surface area (Å²) in [7, 11) is 1.97. The second-order valence-corrected chi connectivity index (χ2v) is 6.13. The molecule has 0 aromatic carbocycles. The van der Waals surface area contributed by atoms with Crippen molar-refractivity contribution in [3.8, 4) is 0 Å². The molecule has 0 spiro atoms. The molecule has 1 aliphatic heterocycles. The maximum Gasteiger partial charge on any atom is 0.180 e. The number of aryl methyl sites for hydroxylation is 2. The van der Waals surface area contributed by atoms with Crippen molar-refractivity contribution in [1.29, 1.82) is 0 Å². The van der Waals surface area contributed by atoms with Crippen LogP contribution in [0.15, 0.2) is 24.5 Å². The third kappa shape index (κ3) is 2.50. The molecule has 0 radical (unpaired) electrons. The number of fused-ring (bicyclic) bond motifs is 1. The summed E-state index contributed by atoms with van der Waals surface area (Å²) in [6, 6.07) is 4.03. The first-order valence-electron chi connectivity index (χ1n) is 8.09. The number of anilines is 1. The van der Waals surface area contributed by atoms with E-state index in [0.29, 0.717) is 5.65 Å². The van der Waals surface area contributed by atoms with Crippen molar-refractivity contribution in [3.63, 3.8) is 0 Å². The van der Waals surface area contributed by atoms with Gasteiger partial charge in [0.05, 0.1) is 11.7 Å². The average Bonchev–Trinajstić information content (AvgIpc) is 3.12. The van der Waals surface area contributed by atoms with Gasteiger partial charge in [-0.3, -0.25) is 9.67 Å². The van der Waals surface area contributed by atoms with E-state index in [4.69, 9.17) is 4.74 Å². The van der Waals surface area contributed by atoms with Gasteiger partial charge in [-0.25, -0.2) is 9.97 Å². The Labute approximate surface area is 140 Å². The molecule has 7 heteroatoms. The van der Waals surface area contributed by atoms with Crippen LogP contribution in [0.4, 0.5) is 5.82 Å². The Morgan fingerprint density at radius 1 is 1.21 bits per heavy atom. The molecule has 0 saturated carbocycles. The zero-order valence-corrected chi connectivity index (χ0v) is 14.0. The predicted octanol–water partition coefficient (Wildman–Crippen LogP) is 2.32. The molecule has 2 atom stereocenters. The number of aromatic nitrogens is 5. The molecule has 1 fully saturated rings. The van der Waals surface area contributed by atoms with E-state index in [1.165, 1.54) is 5.56 Å². The zero-order chi connectivity index (χ0) is 16.7. The lowest BCUT2D eigenvalue weighted by Crippen LogP contribution is -2.24. The molecule has 4 heterocycles. The Hall–Kier alpha value is -2.54. The van der Waals surface area contributed by atoms with Crippen molar-refractivity contribution in [2.24, 2.45) is 7.05 Å². The van der Waals surface area contributed by atoms with Gasteiger partial charge in [0.15, 0.2) is 5.65 Å². The maximum atomic E-state index is 6.01. The van der Waals surface area contributed by atoms with Crippen LogP contribution in [0.5, 0.6) is 0 Å². The van der Waals surface area contributed by atoms with Crippen molar-refractivity contribution in [1.82, 2.24) is 24.7 Å². The van der Waals surface area contributed by atoms with Crippen LogP contribution in [0.1, 0.15) is 29.5 Å². The number of rotatable bonds is 3. The van der Waals surface area contributed by atoms with Gasteiger partial charge >= 0.3 is 0 Å². The highest BCUT2D eigenvalue weighted by atomic mass is 16.5. The second-order valence-electron chi connectivity index (χ2n) is 6.13. The summed E-state index contributed by atoms with van der Waals surface area (Å²) in [5, 5.41) is 8.02. The van der Waals surface area contributed by atoms with E-state index in [0.717, 1.165) is 35.8 Å². The second kappa shape index (κ2) is 5.83. The summed E-state index contributed by atoms with van der Waals surface area (Å²) in [5.41, 5.74) is 4.77. The Bertz CT molecular complexity index is 890. The first-order chi connectivity index (χ1) is 11.6. The molecule has 0 bridgehead atoms. The monoisotopic (exact) mass is 324 g/mol. The lowest BCUT2D eigenvalue weighted by molar-refractivity contribution is 0.106. The number of nitrogens with one attached hydrogen (secondary N) is 1. The molecule has 1 N–H and O–H groups in total. The summed E-state index contributed by atoms with van der Waals surface area (Å²) in [4.78, 5) is 13.1. The lowest BCUT2D eigenvalue weighted by atomic mass is 10.0. The molecule has 24 heavy (non-hydrogen) atoms. The van der Waals surface area contributed by atoms with Crippen molar-refractivity contribution in [2.75, 3.05) is 11.9 Å². The predicted molar refractivity (Wildman–Crippen MR) is 90.7 cm³/mol. The Balaban J connectivity index is 1.62. The topological polar surface area (TPSA) is 77.8 Å². The number of pyridine rings is 1. The van der Waals surface area contributed by atoms with E-state index in [1.807, 2.05) is 30.8 Å². The SMILES string of the molecule is Cc1nn(C)c(C)c1[C@@H]1OCC[C@H]1Nc1ccc2nccnc2n1. The van der Waals surface area contributed by atoms with Crippen molar-refractivity contribution < 1.29 is 4.74 Å². The first-order valence-corrected chi connectivity index (χ1v) is 8.09. The standard InChI is InChI=1S/C17H20N6O/c1-10-15(11(2)23(3)22-10)16-12(6-9-24-16)20-14-5-4-13-17(21-14)19-8-7-18-13/h4-5,7-8,12,16H,6,9H2,1-3H3,(H,19,20,21)/t12-,16-/m1/s1. The highest BCUT2D eigenvalue weighted by Gasteiger charge is 2.33.